The van der Waals surface area contributed by atoms with E-state index < -0.39 is 0 Å². The van der Waals surface area contributed by atoms with Crippen molar-refractivity contribution in [2.45, 2.75) is 37.7 Å². The average molecular weight is 171 g/mol. The molecule has 2 N–H and O–H groups in total. The van der Waals surface area contributed by atoms with E-state index >= 15 is 0 Å². The van der Waals surface area contributed by atoms with Gasteiger partial charge in [-0.05, 0) is 18.8 Å². The van der Waals surface area contributed by atoms with Crippen molar-refractivity contribution < 1.29 is 4.74 Å². The number of rotatable bonds is 0. The van der Waals surface area contributed by atoms with Crippen molar-refractivity contribution in [3.8, 4) is 0 Å². The average Bonchev–Trinajstić information content (AvgIpc) is 1.77. The molecule has 1 aliphatic heterocycles. The minimum atomic E-state index is -0.0893. The molecule has 1 heterocycles. The third-order valence-corrected chi connectivity index (χ3v) is 4.16. The minimum absolute atomic E-state index is 0.0893. The summed E-state index contributed by atoms with van der Waals surface area (Å²) in [7, 11) is 0. The summed E-state index contributed by atoms with van der Waals surface area (Å²) in [5.41, 5.74) is 6.29. The quantitative estimate of drug-likeness (QED) is 0.525. The van der Waals surface area contributed by atoms with Crippen LogP contribution in [0.1, 0.15) is 27.2 Å². The fraction of sp³-hybridized carbons (Fsp3) is 1.00. The highest BCUT2D eigenvalue weighted by molar-refractivity contribution is 6.12. The number of hydrogen-bond donors (Lipinski definition) is 1. The minimum Gasteiger partial charge on any atom is -0.392 e. The second-order valence-electron chi connectivity index (χ2n) is 4.80. The molecule has 3 heteroatoms. The van der Waals surface area contributed by atoms with Crippen LogP contribution >= 0.6 is 0 Å². The van der Waals surface area contributed by atoms with Gasteiger partial charge < -0.3 is 10.5 Å². The van der Waals surface area contributed by atoms with Crippen LogP contribution in [0.25, 0.3) is 0 Å². The van der Waals surface area contributed by atoms with Gasteiger partial charge in [-0.15, -0.1) is 0 Å². The van der Waals surface area contributed by atoms with Crippen LogP contribution in [0, 0.1) is 5.41 Å². The summed E-state index contributed by atoms with van der Waals surface area (Å²) < 4.78 is 5.65. The van der Waals surface area contributed by atoms with Gasteiger partial charge in [-0.2, -0.15) is 0 Å². The van der Waals surface area contributed by atoms with Crippen LogP contribution in [0.4, 0.5) is 0 Å². The van der Waals surface area contributed by atoms with E-state index in [-0.39, 0.29) is 11.0 Å². The van der Waals surface area contributed by atoms with Gasteiger partial charge in [0.2, 0.25) is 0 Å². The van der Waals surface area contributed by atoms with E-state index in [0.29, 0.717) is 4.97 Å². The summed E-state index contributed by atoms with van der Waals surface area (Å²) in [5.74, 6) is 0. The maximum Gasteiger partial charge on any atom is 0.261 e. The van der Waals surface area contributed by atoms with Crippen LogP contribution in [-0.4, -0.2) is 33.4 Å². The van der Waals surface area contributed by atoms with Gasteiger partial charge in [-0.3, -0.25) is 0 Å². The summed E-state index contributed by atoms with van der Waals surface area (Å²) in [6.45, 7) is 7.40. The summed E-state index contributed by atoms with van der Waals surface area (Å²) in [4.78, 5) is 0.329. The molecule has 0 radical (unpaired) electrons. The second kappa shape index (κ2) is 2.74. The monoisotopic (exact) mass is 171 g/mol. The normalized spacial score (nSPS) is 43.8. The molecule has 64 valence electrons. The molecule has 0 bridgehead atoms. The molecule has 0 spiro atoms. The molecule has 0 amide bonds. The molecule has 11 heavy (non-hydrogen) atoms. The fourth-order valence-electron chi connectivity index (χ4n) is 1.77. The third kappa shape index (κ3) is 2.19. The zero-order chi connectivity index (χ0) is 8.70. The first-order chi connectivity index (χ1) is 4.83. The summed E-state index contributed by atoms with van der Waals surface area (Å²) in [6, 6.07) is 0. The molecule has 0 aromatic rings. The highest BCUT2D eigenvalue weighted by atomic mass is 27.0. The number of hydrogen-bond acceptors (Lipinski definition) is 2. The Kier molecular flexibility index (Phi) is 2.38. The SMILES string of the molecule is CC1(C)CO[C@@H]([AlH2])[C@@](C)(N)C1. The zero-order valence-electron chi connectivity index (χ0n) is 7.98. The van der Waals surface area contributed by atoms with Gasteiger partial charge in [0.05, 0.1) is 6.61 Å². The lowest BCUT2D eigenvalue weighted by Crippen LogP contribution is -2.57. The Morgan fingerprint density at radius 3 is 2.36 bits per heavy atom. The van der Waals surface area contributed by atoms with E-state index in [1.165, 1.54) is 0 Å². The highest BCUT2D eigenvalue weighted by Gasteiger charge is 2.38. The Balaban J connectivity index is 2.67. The fourth-order valence-corrected chi connectivity index (χ4v) is 2.14. The van der Waals surface area contributed by atoms with E-state index in [1.807, 2.05) is 0 Å². The standard InChI is InChI=1S/C8H16NO.Al.2H/c1-7(2)4-8(3,9)6-10-5-7;;;/h6H,4-5,9H2,1-3H3;;;/t8-;;;/m0.../s1. The van der Waals surface area contributed by atoms with E-state index in [0.717, 1.165) is 29.3 Å². The molecule has 1 fully saturated rings. The van der Waals surface area contributed by atoms with Crippen molar-refractivity contribution in [2.24, 2.45) is 11.1 Å². The first kappa shape index (κ1) is 9.54. The molecule has 2 atom stereocenters. The molecule has 0 unspecified atom stereocenters. The van der Waals surface area contributed by atoms with Crippen molar-refractivity contribution in [1.82, 2.24) is 0 Å². The molecular formula is C8H18AlNO. The van der Waals surface area contributed by atoms with Gasteiger partial charge in [0.1, 0.15) is 0 Å². The molecule has 1 rings (SSSR count). The van der Waals surface area contributed by atoms with Gasteiger partial charge in [0, 0.05) is 10.5 Å². The molecule has 0 saturated carbocycles. The zero-order valence-corrected chi connectivity index (χ0v) is 9.98. The Labute approximate surface area is 76.9 Å². The van der Waals surface area contributed by atoms with E-state index in [4.69, 9.17) is 10.5 Å². The molecule has 2 nitrogen and oxygen atoms in total. The van der Waals surface area contributed by atoms with E-state index in [1.54, 1.807) is 0 Å². The predicted octanol–water partition coefficient (Wildman–Crippen LogP) is 0.109. The first-order valence-electron chi connectivity index (χ1n) is 4.24. The van der Waals surface area contributed by atoms with Crippen molar-refractivity contribution in [3.63, 3.8) is 0 Å². The maximum absolute atomic E-state index is 6.11. The second-order valence-corrected chi connectivity index (χ2v) is 5.85. The largest absolute Gasteiger partial charge is 0.392 e. The molecule has 1 saturated heterocycles. The Morgan fingerprint density at radius 1 is 1.45 bits per heavy atom. The molecule has 0 aromatic carbocycles. The third-order valence-electron chi connectivity index (χ3n) is 2.51. The van der Waals surface area contributed by atoms with Crippen LogP contribution in [0.3, 0.4) is 0 Å². The molecule has 0 aromatic heterocycles. The van der Waals surface area contributed by atoms with Crippen LogP contribution in [0.15, 0.2) is 0 Å². The van der Waals surface area contributed by atoms with Crippen LogP contribution in [0.5, 0.6) is 0 Å². The van der Waals surface area contributed by atoms with Gasteiger partial charge in [0.15, 0.2) is 0 Å². The van der Waals surface area contributed by atoms with Crippen molar-refractivity contribution in [3.05, 3.63) is 0 Å². The Hall–Kier alpha value is 0.452. The van der Waals surface area contributed by atoms with Crippen molar-refractivity contribution in [2.75, 3.05) is 6.61 Å². The van der Waals surface area contributed by atoms with E-state index in [9.17, 15) is 0 Å². The molecule has 1 aliphatic rings. The van der Waals surface area contributed by atoms with Crippen LogP contribution in [0.2, 0.25) is 0 Å². The van der Waals surface area contributed by atoms with Crippen LogP contribution in [-0.2, 0) is 4.74 Å². The number of nitrogens with two attached hydrogens (primary N) is 1. The summed E-state index contributed by atoms with van der Waals surface area (Å²) >= 11 is 1.04. The predicted molar refractivity (Wildman–Crippen MR) is 49.3 cm³/mol. The summed E-state index contributed by atoms with van der Waals surface area (Å²) in [6.07, 6.45) is 1.08. The molecule has 0 aliphatic carbocycles. The van der Waals surface area contributed by atoms with Gasteiger partial charge >= 0.3 is 0 Å². The van der Waals surface area contributed by atoms with E-state index in [2.05, 4.69) is 20.8 Å². The molecular weight excluding hydrogens is 153 g/mol. The smallest absolute Gasteiger partial charge is 0.261 e. The lowest BCUT2D eigenvalue weighted by Gasteiger charge is -2.45. The Bertz CT molecular complexity index is 156. The highest BCUT2D eigenvalue weighted by Crippen LogP contribution is 2.34. The topological polar surface area (TPSA) is 35.2 Å². The lowest BCUT2D eigenvalue weighted by molar-refractivity contribution is -0.0543. The first-order valence-corrected chi connectivity index (χ1v) is 5.39. The lowest BCUT2D eigenvalue weighted by atomic mass is 9.78. The van der Waals surface area contributed by atoms with Gasteiger partial charge in [-0.1, -0.05) is 13.8 Å². The van der Waals surface area contributed by atoms with Crippen molar-refractivity contribution in [1.29, 1.82) is 0 Å². The number of ether oxygens (including phenoxy) is 1. The Morgan fingerprint density at radius 2 is 2.00 bits per heavy atom. The summed E-state index contributed by atoms with van der Waals surface area (Å²) in [5, 5.41) is 0. The van der Waals surface area contributed by atoms with Crippen molar-refractivity contribution >= 4 is 16.3 Å². The maximum atomic E-state index is 6.11. The van der Waals surface area contributed by atoms with Crippen LogP contribution < -0.4 is 5.73 Å². The van der Waals surface area contributed by atoms with Gasteiger partial charge in [0.25, 0.3) is 16.3 Å². The van der Waals surface area contributed by atoms with Gasteiger partial charge in [-0.25, -0.2) is 0 Å².